The molecule has 0 aliphatic rings. The Balaban J connectivity index is 3.78. The van der Waals surface area contributed by atoms with E-state index in [0.717, 1.165) is 44.4 Å². The summed E-state index contributed by atoms with van der Waals surface area (Å²) >= 11 is 0. The van der Waals surface area contributed by atoms with Crippen molar-refractivity contribution in [3.8, 4) is 0 Å². The molecule has 0 saturated carbocycles. The van der Waals surface area contributed by atoms with Gasteiger partial charge in [0.25, 0.3) is 0 Å². The summed E-state index contributed by atoms with van der Waals surface area (Å²) in [5.74, 6) is -1.23. The number of aliphatic carboxylic acids is 1. The van der Waals surface area contributed by atoms with Crippen LogP contribution in [0.15, 0.2) is 0 Å². The van der Waals surface area contributed by atoms with Crippen LogP contribution in [0.5, 0.6) is 0 Å². The number of amides is 1. The molecular formula is C35H67NO5. The second-order valence-corrected chi connectivity index (χ2v) is 12.6. The Morgan fingerprint density at radius 3 is 1.46 bits per heavy atom. The van der Waals surface area contributed by atoms with E-state index in [1.54, 1.807) is 0 Å². The molecule has 0 spiro atoms. The first-order valence-electron chi connectivity index (χ1n) is 17.5. The van der Waals surface area contributed by atoms with E-state index in [9.17, 15) is 19.5 Å². The predicted octanol–water partition coefficient (Wildman–Crippen LogP) is 9.92. The molecule has 0 aromatic rings. The minimum atomic E-state index is -1.12. The lowest BCUT2D eigenvalue weighted by atomic mass is 10.0. The van der Waals surface area contributed by atoms with Gasteiger partial charge in [-0.25, -0.2) is 4.79 Å². The number of carboxylic acid groups (broad SMARTS) is 1. The zero-order valence-corrected chi connectivity index (χ0v) is 27.3. The highest BCUT2D eigenvalue weighted by molar-refractivity contribution is 5.87. The maximum atomic E-state index is 12.4. The van der Waals surface area contributed by atoms with Gasteiger partial charge in [-0.15, -0.1) is 0 Å². The van der Waals surface area contributed by atoms with Crippen molar-refractivity contribution in [2.75, 3.05) is 6.61 Å². The summed E-state index contributed by atoms with van der Waals surface area (Å²) in [5, 5.41) is 11.8. The van der Waals surface area contributed by atoms with E-state index in [4.69, 9.17) is 4.74 Å². The fourth-order valence-corrected chi connectivity index (χ4v) is 5.28. The molecule has 0 saturated heterocycles. The molecule has 242 valence electrons. The van der Waals surface area contributed by atoms with Crippen molar-refractivity contribution >= 4 is 17.8 Å². The normalized spacial score (nSPS) is 12.0. The second kappa shape index (κ2) is 29.9. The molecule has 41 heavy (non-hydrogen) atoms. The van der Waals surface area contributed by atoms with E-state index >= 15 is 0 Å². The summed E-state index contributed by atoms with van der Waals surface area (Å²) in [7, 11) is 0. The molecule has 0 unspecified atom stereocenters. The van der Waals surface area contributed by atoms with E-state index in [1.165, 1.54) is 116 Å². The van der Waals surface area contributed by atoms with Crippen LogP contribution < -0.4 is 5.32 Å². The fraction of sp³-hybridized carbons (Fsp3) is 0.914. The Kier molecular flexibility index (Phi) is 28.7. The van der Waals surface area contributed by atoms with Crippen LogP contribution >= 0.6 is 0 Å². The molecule has 6 heteroatoms. The van der Waals surface area contributed by atoms with Gasteiger partial charge in [-0.05, 0) is 18.8 Å². The Hall–Kier alpha value is -1.59. The van der Waals surface area contributed by atoms with Crippen LogP contribution in [-0.4, -0.2) is 35.6 Å². The van der Waals surface area contributed by atoms with Gasteiger partial charge in [0.05, 0.1) is 13.0 Å². The van der Waals surface area contributed by atoms with Crippen LogP contribution in [0.2, 0.25) is 0 Å². The van der Waals surface area contributed by atoms with Gasteiger partial charge in [-0.3, -0.25) is 9.59 Å². The van der Waals surface area contributed by atoms with E-state index in [-0.39, 0.29) is 12.5 Å². The number of unbranched alkanes of at least 4 members (excludes halogenated alkanes) is 21. The number of hydrogen-bond acceptors (Lipinski definition) is 4. The Bertz CT molecular complexity index is 622. The molecular weight excluding hydrogens is 514 g/mol. The molecule has 0 bridgehead atoms. The fourth-order valence-electron chi connectivity index (χ4n) is 5.28. The molecule has 1 atom stereocenters. The highest BCUT2D eigenvalue weighted by atomic mass is 16.5. The molecule has 1 amide bonds. The second-order valence-electron chi connectivity index (χ2n) is 12.6. The van der Waals surface area contributed by atoms with Crippen LogP contribution in [0.4, 0.5) is 0 Å². The molecule has 0 aromatic carbocycles. The quantitative estimate of drug-likeness (QED) is 0.0628. The Morgan fingerprint density at radius 2 is 1.02 bits per heavy atom. The predicted molar refractivity (Wildman–Crippen MR) is 171 cm³/mol. The van der Waals surface area contributed by atoms with Gasteiger partial charge in [-0.1, -0.05) is 162 Å². The largest absolute Gasteiger partial charge is 0.481 e. The topological polar surface area (TPSA) is 92.7 Å². The smallest absolute Gasteiger partial charge is 0.329 e. The van der Waals surface area contributed by atoms with Crippen LogP contribution in [-0.2, 0) is 19.1 Å². The summed E-state index contributed by atoms with van der Waals surface area (Å²) in [6, 6.07) is -1.11. The number of carbonyl (C=O) groups excluding carboxylic acids is 2. The summed E-state index contributed by atoms with van der Waals surface area (Å²) in [4.78, 5) is 36.0. The molecule has 0 radical (unpaired) electrons. The molecule has 0 heterocycles. The third-order valence-electron chi connectivity index (χ3n) is 7.93. The number of carbonyl (C=O) groups is 3. The number of esters is 1. The molecule has 0 aliphatic heterocycles. The van der Waals surface area contributed by atoms with Crippen molar-refractivity contribution in [3.63, 3.8) is 0 Å². The maximum absolute atomic E-state index is 12.4. The monoisotopic (exact) mass is 582 g/mol. The summed E-state index contributed by atoms with van der Waals surface area (Å²) in [6.45, 7) is 7.08. The van der Waals surface area contributed by atoms with Crippen LogP contribution in [0, 0.1) is 5.92 Å². The standard InChI is InChI=1S/C35H67NO5/c1-4-5-6-7-8-9-10-11-12-13-14-15-19-22-25-28-33(37)36-32(30-34(38)39)35(40)41-29-26-23-20-17-16-18-21-24-27-31(2)3/h31-32H,4-30H2,1-3H3,(H,36,37)(H,38,39)/t32-/m0/s1. The van der Waals surface area contributed by atoms with Crippen molar-refractivity contribution in [2.24, 2.45) is 5.92 Å². The SMILES string of the molecule is CCCCCCCCCCCCCCCCCC(=O)N[C@@H](CC(=O)O)C(=O)OCCCCCCCCCCC(C)C. The van der Waals surface area contributed by atoms with Crippen molar-refractivity contribution in [2.45, 2.75) is 194 Å². The van der Waals surface area contributed by atoms with Gasteiger partial charge in [0.2, 0.25) is 5.91 Å². The zero-order valence-electron chi connectivity index (χ0n) is 27.3. The number of hydrogen-bond donors (Lipinski definition) is 2. The summed E-state index contributed by atoms with van der Waals surface area (Å²) in [5.41, 5.74) is 0. The molecule has 0 aliphatic carbocycles. The molecule has 0 aromatic heterocycles. The van der Waals surface area contributed by atoms with Gasteiger partial charge in [0, 0.05) is 6.42 Å². The lowest BCUT2D eigenvalue weighted by Crippen LogP contribution is -2.43. The van der Waals surface area contributed by atoms with Crippen LogP contribution in [0.3, 0.4) is 0 Å². The van der Waals surface area contributed by atoms with Crippen molar-refractivity contribution in [3.05, 3.63) is 0 Å². The van der Waals surface area contributed by atoms with E-state index in [0.29, 0.717) is 6.42 Å². The third-order valence-corrected chi connectivity index (χ3v) is 7.93. The molecule has 6 nitrogen and oxygen atoms in total. The van der Waals surface area contributed by atoms with Gasteiger partial charge in [0.15, 0.2) is 0 Å². The summed E-state index contributed by atoms with van der Waals surface area (Å²) in [6.07, 6.45) is 29.4. The number of rotatable bonds is 31. The number of ether oxygens (including phenoxy) is 1. The lowest BCUT2D eigenvalue weighted by molar-refractivity contribution is -0.151. The van der Waals surface area contributed by atoms with E-state index in [1.807, 2.05) is 0 Å². The third kappa shape index (κ3) is 29.7. The highest BCUT2D eigenvalue weighted by Crippen LogP contribution is 2.15. The minimum absolute atomic E-state index is 0.267. The van der Waals surface area contributed by atoms with Crippen LogP contribution in [0.25, 0.3) is 0 Å². The first-order chi connectivity index (χ1) is 19.9. The molecule has 0 fully saturated rings. The highest BCUT2D eigenvalue weighted by Gasteiger charge is 2.25. The average Bonchev–Trinajstić information content (AvgIpc) is 2.92. The maximum Gasteiger partial charge on any atom is 0.329 e. The molecule has 0 rings (SSSR count). The first-order valence-corrected chi connectivity index (χ1v) is 17.5. The van der Waals surface area contributed by atoms with E-state index in [2.05, 4.69) is 26.1 Å². The molecule has 2 N–H and O–H groups in total. The van der Waals surface area contributed by atoms with Crippen LogP contribution in [0.1, 0.15) is 188 Å². The van der Waals surface area contributed by atoms with Crippen molar-refractivity contribution < 1.29 is 24.2 Å². The van der Waals surface area contributed by atoms with Crippen molar-refractivity contribution in [1.29, 1.82) is 0 Å². The number of carboxylic acids is 1. The lowest BCUT2D eigenvalue weighted by Gasteiger charge is -2.16. The van der Waals surface area contributed by atoms with Gasteiger partial charge < -0.3 is 15.2 Å². The Labute approximate surface area is 253 Å². The van der Waals surface area contributed by atoms with Gasteiger partial charge >= 0.3 is 11.9 Å². The Morgan fingerprint density at radius 1 is 0.610 bits per heavy atom. The van der Waals surface area contributed by atoms with E-state index < -0.39 is 24.4 Å². The minimum Gasteiger partial charge on any atom is -0.481 e. The van der Waals surface area contributed by atoms with Gasteiger partial charge in [-0.2, -0.15) is 0 Å². The first kappa shape index (κ1) is 39.4. The average molecular weight is 582 g/mol. The summed E-state index contributed by atoms with van der Waals surface area (Å²) < 4.78 is 5.30. The zero-order chi connectivity index (χ0) is 30.4. The van der Waals surface area contributed by atoms with Gasteiger partial charge in [0.1, 0.15) is 6.04 Å². The van der Waals surface area contributed by atoms with Crippen molar-refractivity contribution in [1.82, 2.24) is 5.32 Å². The number of nitrogens with one attached hydrogen (secondary N) is 1.